The molecule has 0 spiro atoms. The van der Waals surface area contributed by atoms with Gasteiger partial charge >= 0.3 is 5.97 Å². The van der Waals surface area contributed by atoms with Crippen molar-refractivity contribution in [3.05, 3.63) is 125 Å². The van der Waals surface area contributed by atoms with Gasteiger partial charge in [0.2, 0.25) is 5.88 Å². The van der Waals surface area contributed by atoms with Gasteiger partial charge in [-0.05, 0) is 67.3 Å². The topological polar surface area (TPSA) is 108 Å². The Morgan fingerprint density at radius 2 is 1.80 bits per heavy atom. The molecular weight excluding hydrogens is 578 g/mol. The van der Waals surface area contributed by atoms with Crippen molar-refractivity contribution >= 4 is 17.0 Å². The number of pyridine rings is 1. The van der Waals surface area contributed by atoms with Gasteiger partial charge in [-0.1, -0.05) is 30.3 Å². The third-order valence-corrected chi connectivity index (χ3v) is 8.26. The van der Waals surface area contributed by atoms with Crippen LogP contribution in [-0.2, 0) is 25.1 Å². The van der Waals surface area contributed by atoms with Crippen LogP contribution in [-0.4, -0.2) is 40.4 Å². The molecule has 3 aromatic carbocycles. The van der Waals surface area contributed by atoms with Gasteiger partial charge in [-0.2, -0.15) is 5.10 Å². The van der Waals surface area contributed by atoms with E-state index >= 15 is 4.39 Å². The Kier molecular flexibility index (Phi) is 7.07. The summed E-state index contributed by atoms with van der Waals surface area (Å²) in [6.45, 7) is 2.33. The molecule has 0 unspecified atom stereocenters. The van der Waals surface area contributed by atoms with Crippen LogP contribution in [0.4, 0.5) is 8.78 Å². The average molecular weight is 607 g/mol. The molecule has 6 aromatic rings. The highest BCUT2D eigenvalue weighted by Crippen LogP contribution is 2.45. The summed E-state index contributed by atoms with van der Waals surface area (Å²) in [5, 5.41) is 14.0. The number of rotatable bonds is 10. The number of carboxylic acid groups (broad SMARTS) is 1. The highest BCUT2D eigenvalue weighted by atomic mass is 19.1. The second kappa shape index (κ2) is 11.2. The summed E-state index contributed by atoms with van der Waals surface area (Å²) in [5.41, 5.74) is 3.90. The molecule has 226 valence electrons. The van der Waals surface area contributed by atoms with E-state index < -0.39 is 11.8 Å². The van der Waals surface area contributed by atoms with Crippen molar-refractivity contribution in [2.45, 2.75) is 44.9 Å². The fourth-order valence-electron chi connectivity index (χ4n) is 5.57. The smallest absolute Gasteiger partial charge is 0.335 e. The van der Waals surface area contributed by atoms with Crippen molar-refractivity contribution in [1.82, 2.24) is 29.3 Å². The van der Waals surface area contributed by atoms with Crippen LogP contribution in [0.25, 0.3) is 22.3 Å². The van der Waals surface area contributed by atoms with E-state index in [-0.39, 0.29) is 29.9 Å². The maximum absolute atomic E-state index is 15.7. The predicted molar refractivity (Wildman–Crippen MR) is 162 cm³/mol. The molecule has 0 amide bonds. The van der Waals surface area contributed by atoms with Crippen LogP contribution in [0.1, 0.15) is 45.7 Å². The molecule has 0 atom stereocenters. The van der Waals surface area contributed by atoms with E-state index in [1.807, 2.05) is 22.2 Å². The van der Waals surface area contributed by atoms with Gasteiger partial charge in [-0.3, -0.25) is 0 Å². The highest BCUT2D eigenvalue weighted by Gasteiger charge is 2.46. The first-order chi connectivity index (χ1) is 21.8. The Labute approximate surface area is 256 Å². The molecule has 1 aliphatic rings. The summed E-state index contributed by atoms with van der Waals surface area (Å²) in [6, 6.07) is 19.9. The van der Waals surface area contributed by atoms with Crippen molar-refractivity contribution in [3.8, 4) is 17.1 Å². The Bertz CT molecular complexity index is 2050. The molecule has 7 rings (SSSR count). The molecule has 3 aromatic heterocycles. The van der Waals surface area contributed by atoms with Crippen LogP contribution in [0.5, 0.6) is 5.88 Å². The standard InChI is InChI=1S/C34H28F2N6O3/c1-21-5-6-25(26(35)13-21)17-45-32-4-2-3-28(40-32)23-8-7-22(27(36)14-23)16-31-39-29-10-9-24(33(43)44)15-30(29)41(31)18-34(11-12-34)42-20-37-19-38-42/h2-10,13-15,19-20H,11-12,16-18H2,1H3,(H,43,44). The van der Waals surface area contributed by atoms with Crippen molar-refractivity contribution < 1.29 is 23.4 Å². The number of benzene rings is 3. The second-order valence-corrected chi connectivity index (χ2v) is 11.4. The van der Waals surface area contributed by atoms with Gasteiger partial charge in [-0.15, -0.1) is 0 Å². The first-order valence-electron chi connectivity index (χ1n) is 14.5. The molecule has 0 radical (unpaired) electrons. The molecule has 1 N–H and O–H groups in total. The fraction of sp³-hybridized carbons (Fsp3) is 0.206. The molecule has 45 heavy (non-hydrogen) atoms. The monoisotopic (exact) mass is 606 g/mol. The lowest BCUT2D eigenvalue weighted by atomic mass is 10.1. The Morgan fingerprint density at radius 3 is 2.53 bits per heavy atom. The van der Waals surface area contributed by atoms with E-state index in [1.54, 1.807) is 54.9 Å². The molecule has 9 nitrogen and oxygen atoms in total. The first kappa shape index (κ1) is 28.3. The molecule has 11 heteroatoms. The molecule has 1 saturated carbocycles. The number of carboxylic acids is 1. The number of imidazole rings is 1. The molecule has 0 bridgehead atoms. The van der Waals surface area contributed by atoms with Crippen LogP contribution >= 0.6 is 0 Å². The predicted octanol–water partition coefficient (Wildman–Crippen LogP) is 6.33. The van der Waals surface area contributed by atoms with Gasteiger partial charge in [0.15, 0.2) is 0 Å². The van der Waals surface area contributed by atoms with Crippen LogP contribution in [0.3, 0.4) is 0 Å². The summed E-state index contributed by atoms with van der Waals surface area (Å²) in [7, 11) is 0. The van der Waals surface area contributed by atoms with Crippen molar-refractivity contribution in [2.24, 2.45) is 0 Å². The van der Waals surface area contributed by atoms with Gasteiger partial charge in [0, 0.05) is 30.2 Å². The van der Waals surface area contributed by atoms with Gasteiger partial charge in [0.25, 0.3) is 0 Å². The molecule has 3 heterocycles. The van der Waals surface area contributed by atoms with Crippen LogP contribution in [0, 0.1) is 18.6 Å². The van der Waals surface area contributed by atoms with Crippen molar-refractivity contribution in [2.75, 3.05) is 0 Å². The number of hydrogen-bond donors (Lipinski definition) is 1. The molecule has 0 aliphatic heterocycles. The van der Waals surface area contributed by atoms with Gasteiger partial charge in [0.1, 0.15) is 36.7 Å². The number of hydrogen-bond acceptors (Lipinski definition) is 6. The number of aromatic carboxylic acids is 1. The number of fused-ring (bicyclic) bond motifs is 1. The minimum atomic E-state index is -1.03. The number of aryl methyl sites for hydroxylation is 1. The Morgan fingerprint density at radius 1 is 0.978 bits per heavy atom. The summed E-state index contributed by atoms with van der Waals surface area (Å²) in [6.07, 6.45) is 5.13. The minimum absolute atomic E-state index is 0.0169. The third kappa shape index (κ3) is 5.64. The van der Waals surface area contributed by atoms with E-state index in [1.165, 1.54) is 24.5 Å². The van der Waals surface area contributed by atoms with Crippen molar-refractivity contribution in [3.63, 3.8) is 0 Å². The van der Waals surface area contributed by atoms with E-state index in [0.29, 0.717) is 51.7 Å². The van der Waals surface area contributed by atoms with E-state index in [2.05, 4.69) is 15.1 Å². The molecule has 1 aliphatic carbocycles. The van der Waals surface area contributed by atoms with Crippen molar-refractivity contribution in [1.29, 1.82) is 0 Å². The summed E-state index contributed by atoms with van der Waals surface area (Å²) in [5.74, 6) is -0.888. The SMILES string of the molecule is Cc1ccc(COc2cccc(-c3ccc(Cc4nc5ccc(C(=O)O)cc5n4CC4(n5cncn5)CC4)c(F)c3)n2)c(F)c1. The number of ether oxygens (including phenoxy) is 1. The van der Waals surface area contributed by atoms with E-state index in [0.717, 1.165) is 18.4 Å². The van der Waals surface area contributed by atoms with E-state index in [9.17, 15) is 14.3 Å². The fourth-order valence-corrected chi connectivity index (χ4v) is 5.57. The zero-order valence-electron chi connectivity index (χ0n) is 24.3. The first-order valence-corrected chi connectivity index (χ1v) is 14.5. The largest absolute Gasteiger partial charge is 0.478 e. The summed E-state index contributed by atoms with van der Waals surface area (Å²) < 4.78 is 39.5. The summed E-state index contributed by atoms with van der Waals surface area (Å²) in [4.78, 5) is 25.2. The molecule has 0 saturated heterocycles. The maximum atomic E-state index is 15.7. The zero-order chi connectivity index (χ0) is 31.1. The van der Waals surface area contributed by atoms with E-state index in [4.69, 9.17) is 9.72 Å². The summed E-state index contributed by atoms with van der Waals surface area (Å²) >= 11 is 0. The minimum Gasteiger partial charge on any atom is -0.478 e. The number of nitrogens with zero attached hydrogens (tertiary/aromatic N) is 6. The normalized spacial score (nSPS) is 13.7. The van der Waals surface area contributed by atoms with Crippen LogP contribution < -0.4 is 4.74 Å². The quantitative estimate of drug-likeness (QED) is 0.194. The second-order valence-electron chi connectivity index (χ2n) is 11.4. The number of halogens is 2. The van der Waals surface area contributed by atoms with Crippen LogP contribution in [0.15, 0.2) is 85.5 Å². The lowest BCUT2D eigenvalue weighted by molar-refractivity contribution is 0.0697. The number of carbonyl (C=O) groups is 1. The third-order valence-electron chi connectivity index (χ3n) is 8.26. The van der Waals surface area contributed by atoms with Gasteiger partial charge in [-0.25, -0.2) is 33.2 Å². The Hall–Kier alpha value is -5.45. The Balaban J connectivity index is 1.16. The average Bonchev–Trinajstić information content (AvgIpc) is 3.44. The molecule has 1 fully saturated rings. The highest BCUT2D eigenvalue weighted by molar-refractivity contribution is 5.92. The van der Waals surface area contributed by atoms with Gasteiger partial charge < -0.3 is 14.4 Å². The lowest BCUT2D eigenvalue weighted by Crippen LogP contribution is -2.25. The van der Waals surface area contributed by atoms with Gasteiger partial charge in [0.05, 0.1) is 27.8 Å². The van der Waals surface area contributed by atoms with Crippen LogP contribution in [0.2, 0.25) is 0 Å². The zero-order valence-corrected chi connectivity index (χ0v) is 24.3. The maximum Gasteiger partial charge on any atom is 0.335 e. The lowest BCUT2D eigenvalue weighted by Gasteiger charge is -2.19. The molecular formula is C34H28F2N6O3. The number of aromatic nitrogens is 6.